The van der Waals surface area contributed by atoms with Crippen molar-refractivity contribution in [3.63, 3.8) is 0 Å². The van der Waals surface area contributed by atoms with Gasteiger partial charge < -0.3 is 16.0 Å². The van der Waals surface area contributed by atoms with Crippen molar-refractivity contribution in [2.75, 3.05) is 11.4 Å². The number of anilines is 1. The first-order valence-corrected chi connectivity index (χ1v) is 9.15. The normalized spacial score (nSPS) is 16.0. The highest BCUT2D eigenvalue weighted by atomic mass is 32.1. The van der Waals surface area contributed by atoms with Crippen LogP contribution >= 0.6 is 11.3 Å². The summed E-state index contributed by atoms with van der Waals surface area (Å²) < 4.78 is 14.1. The molecule has 3 aromatic rings. The highest BCUT2D eigenvalue weighted by Crippen LogP contribution is 2.38. The second kappa shape index (κ2) is 6.85. The maximum absolute atomic E-state index is 14.1. The van der Waals surface area contributed by atoms with Crippen molar-refractivity contribution in [3.8, 4) is 10.4 Å². The maximum atomic E-state index is 14.1. The Labute approximate surface area is 159 Å². The van der Waals surface area contributed by atoms with Crippen molar-refractivity contribution in [3.05, 3.63) is 76.9 Å². The lowest BCUT2D eigenvalue weighted by Crippen LogP contribution is -2.49. The minimum Gasteiger partial charge on any atom is -0.368 e. The zero-order valence-corrected chi connectivity index (χ0v) is 15.0. The minimum atomic E-state index is -0.551. The van der Waals surface area contributed by atoms with Gasteiger partial charge in [0.05, 0.1) is 17.8 Å². The summed E-state index contributed by atoms with van der Waals surface area (Å²) in [6, 6.07) is 17.2. The molecule has 0 fully saturated rings. The van der Waals surface area contributed by atoms with Crippen LogP contribution in [0.1, 0.15) is 21.4 Å². The summed E-state index contributed by atoms with van der Waals surface area (Å²) in [6.45, 7) is -0.0467. The monoisotopic (exact) mass is 381 g/mol. The Morgan fingerprint density at radius 3 is 2.52 bits per heavy atom. The van der Waals surface area contributed by atoms with Crippen LogP contribution in [0.15, 0.2) is 60.7 Å². The molecule has 3 N–H and O–H groups in total. The molecule has 0 spiro atoms. The molecule has 27 heavy (non-hydrogen) atoms. The van der Waals surface area contributed by atoms with Gasteiger partial charge in [-0.1, -0.05) is 30.3 Å². The third-order valence-electron chi connectivity index (χ3n) is 4.40. The quantitative estimate of drug-likeness (QED) is 0.728. The van der Waals surface area contributed by atoms with E-state index in [4.69, 9.17) is 5.73 Å². The molecule has 136 valence electrons. The van der Waals surface area contributed by atoms with Crippen LogP contribution < -0.4 is 16.0 Å². The molecule has 1 aliphatic heterocycles. The van der Waals surface area contributed by atoms with E-state index in [1.165, 1.54) is 17.4 Å². The molecule has 2 heterocycles. The zero-order chi connectivity index (χ0) is 19.0. The van der Waals surface area contributed by atoms with Crippen LogP contribution in [0.3, 0.4) is 0 Å². The lowest BCUT2D eigenvalue weighted by Gasteiger charge is -2.37. The molecular formula is C20H16FN3O2S. The fraction of sp³-hybridized carbons (Fsp3) is 0.100. The highest BCUT2D eigenvalue weighted by Gasteiger charge is 2.33. The molecule has 0 saturated carbocycles. The van der Waals surface area contributed by atoms with E-state index in [0.717, 1.165) is 9.75 Å². The Morgan fingerprint density at radius 2 is 1.78 bits per heavy atom. The van der Waals surface area contributed by atoms with E-state index >= 15 is 0 Å². The van der Waals surface area contributed by atoms with Gasteiger partial charge in [-0.2, -0.15) is 0 Å². The topological polar surface area (TPSA) is 75.4 Å². The molecule has 0 radical (unpaired) electrons. The molecule has 2 aromatic carbocycles. The summed E-state index contributed by atoms with van der Waals surface area (Å²) >= 11 is 1.37. The van der Waals surface area contributed by atoms with Crippen molar-refractivity contribution < 1.29 is 14.0 Å². The number of primary amides is 1. The molecule has 7 heteroatoms. The second-order valence-corrected chi connectivity index (χ2v) is 7.28. The van der Waals surface area contributed by atoms with E-state index in [9.17, 15) is 14.0 Å². The molecule has 0 bridgehead atoms. The van der Waals surface area contributed by atoms with Gasteiger partial charge in [0.15, 0.2) is 0 Å². The first kappa shape index (κ1) is 17.2. The molecule has 0 aliphatic carbocycles. The first-order valence-electron chi connectivity index (χ1n) is 8.34. The number of benzene rings is 2. The van der Waals surface area contributed by atoms with Crippen LogP contribution in [-0.4, -0.2) is 18.4 Å². The average molecular weight is 381 g/mol. The number of halogens is 1. The Balaban J connectivity index is 1.75. The summed E-state index contributed by atoms with van der Waals surface area (Å²) in [5, 5.41) is 2.92. The number of nitrogens with one attached hydrogen (secondary N) is 1. The van der Waals surface area contributed by atoms with Crippen LogP contribution in [0, 0.1) is 5.82 Å². The fourth-order valence-corrected chi connectivity index (χ4v) is 4.31. The van der Waals surface area contributed by atoms with Gasteiger partial charge in [0, 0.05) is 15.3 Å². The van der Waals surface area contributed by atoms with Gasteiger partial charge >= 0.3 is 0 Å². The molecule has 0 saturated heterocycles. The average Bonchev–Trinajstić information content (AvgIpc) is 3.14. The smallest absolute Gasteiger partial charge is 0.255 e. The number of para-hydroxylation sites is 1. The predicted molar refractivity (Wildman–Crippen MR) is 103 cm³/mol. The number of carbonyl (C=O) groups excluding carboxylic acids is 2. The van der Waals surface area contributed by atoms with Gasteiger partial charge in [0.25, 0.3) is 5.91 Å². The van der Waals surface area contributed by atoms with Crippen molar-refractivity contribution in [2.45, 2.75) is 6.17 Å². The van der Waals surface area contributed by atoms with E-state index in [1.807, 2.05) is 18.2 Å². The number of amides is 2. The molecule has 4 rings (SSSR count). The second-order valence-electron chi connectivity index (χ2n) is 6.17. The third kappa shape index (κ3) is 3.17. The molecule has 1 atom stereocenters. The molecular weight excluding hydrogens is 365 g/mol. The van der Waals surface area contributed by atoms with E-state index in [0.29, 0.717) is 16.8 Å². The summed E-state index contributed by atoms with van der Waals surface area (Å²) in [6.07, 6.45) is -0.551. The number of rotatable bonds is 4. The largest absolute Gasteiger partial charge is 0.368 e. The van der Waals surface area contributed by atoms with Crippen LogP contribution in [0.2, 0.25) is 0 Å². The van der Waals surface area contributed by atoms with Crippen molar-refractivity contribution in [2.24, 2.45) is 5.73 Å². The lowest BCUT2D eigenvalue weighted by molar-refractivity contribution is -0.116. The minimum absolute atomic E-state index is 0.0467. The number of hydrogen-bond donors (Lipinski definition) is 2. The van der Waals surface area contributed by atoms with Gasteiger partial charge in [-0.15, -0.1) is 11.3 Å². The van der Waals surface area contributed by atoms with Gasteiger partial charge in [0.1, 0.15) is 12.0 Å². The fourth-order valence-electron chi connectivity index (χ4n) is 3.21. The van der Waals surface area contributed by atoms with Crippen molar-refractivity contribution in [1.29, 1.82) is 0 Å². The number of carbonyl (C=O) groups is 2. The third-order valence-corrected chi connectivity index (χ3v) is 5.57. The van der Waals surface area contributed by atoms with Gasteiger partial charge in [0.2, 0.25) is 5.91 Å². The predicted octanol–water partition coefficient (Wildman–Crippen LogP) is 3.29. The van der Waals surface area contributed by atoms with E-state index in [2.05, 4.69) is 5.32 Å². The van der Waals surface area contributed by atoms with Crippen LogP contribution in [0.25, 0.3) is 10.4 Å². The van der Waals surface area contributed by atoms with Crippen molar-refractivity contribution >= 4 is 28.8 Å². The van der Waals surface area contributed by atoms with Gasteiger partial charge in [-0.25, -0.2) is 4.39 Å². The Kier molecular flexibility index (Phi) is 4.37. The van der Waals surface area contributed by atoms with Crippen LogP contribution in [-0.2, 0) is 4.79 Å². The Bertz CT molecular complexity index is 1030. The molecule has 1 aromatic heterocycles. The van der Waals surface area contributed by atoms with E-state index < -0.39 is 12.1 Å². The first-order chi connectivity index (χ1) is 13.0. The maximum Gasteiger partial charge on any atom is 0.255 e. The summed E-state index contributed by atoms with van der Waals surface area (Å²) in [5.41, 5.74) is 7.06. The highest BCUT2D eigenvalue weighted by molar-refractivity contribution is 7.15. The Morgan fingerprint density at radius 1 is 1.07 bits per heavy atom. The molecule has 5 nitrogen and oxygen atoms in total. The summed E-state index contributed by atoms with van der Waals surface area (Å²) in [5.74, 6) is -1.04. The number of nitrogens with zero attached hydrogens (tertiary/aromatic N) is 1. The molecule has 1 aliphatic rings. The summed E-state index contributed by atoms with van der Waals surface area (Å²) in [7, 11) is 0. The van der Waals surface area contributed by atoms with E-state index in [-0.39, 0.29) is 18.3 Å². The van der Waals surface area contributed by atoms with Crippen molar-refractivity contribution in [1.82, 2.24) is 5.32 Å². The summed E-state index contributed by atoms with van der Waals surface area (Å²) in [4.78, 5) is 27.4. The van der Waals surface area contributed by atoms with Gasteiger partial charge in [-0.05, 0) is 30.3 Å². The number of hydrogen-bond acceptors (Lipinski definition) is 4. The number of fused-ring (bicyclic) bond motifs is 1. The standard InChI is InChI=1S/C20H16FN3O2S/c21-14-7-3-1-5-12(14)16-9-10-17(27-16)19-23-20(26)13-6-2-4-8-15(13)24(19)11-18(22)25/h1-10,19H,11H2,(H2,22,25)(H,23,26)/t19-/m0/s1. The number of thiophene rings is 1. The van der Waals surface area contributed by atoms with Crippen LogP contribution in [0.4, 0.5) is 10.1 Å². The Hall–Kier alpha value is -3.19. The number of nitrogens with two attached hydrogens (primary N) is 1. The SMILES string of the molecule is NC(=O)CN1c2ccccc2C(=O)N[C@@H]1c1ccc(-c2ccccc2F)s1. The van der Waals surface area contributed by atoms with E-state index in [1.54, 1.807) is 41.3 Å². The van der Waals surface area contributed by atoms with Gasteiger partial charge in [-0.3, -0.25) is 9.59 Å². The van der Waals surface area contributed by atoms with Crippen LogP contribution in [0.5, 0.6) is 0 Å². The zero-order valence-electron chi connectivity index (χ0n) is 14.2. The molecule has 2 amide bonds. The molecule has 0 unspecified atom stereocenters. The lowest BCUT2D eigenvalue weighted by atomic mass is 10.1.